The summed E-state index contributed by atoms with van der Waals surface area (Å²) in [4.78, 5) is 3.90. The summed E-state index contributed by atoms with van der Waals surface area (Å²) in [6.07, 6.45) is -14.2. The van der Waals surface area contributed by atoms with E-state index < -0.39 is 35.2 Å². The van der Waals surface area contributed by atoms with E-state index in [0.29, 0.717) is 32.9 Å². The van der Waals surface area contributed by atoms with Crippen molar-refractivity contribution in [1.82, 2.24) is 9.13 Å². The van der Waals surface area contributed by atoms with E-state index in [4.69, 9.17) is 6.57 Å². The first-order valence-corrected chi connectivity index (χ1v) is 16.4. The number of aromatic nitrogens is 2. The fourth-order valence-electron chi connectivity index (χ4n) is 7.40. The summed E-state index contributed by atoms with van der Waals surface area (Å²) in [5.41, 5.74) is -0.496. The van der Waals surface area contributed by atoms with Gasteiger partial charge in [-0.1, -0.05) is 47.5 Å². The molecule has 0 saturated carbocycles. The Morgan fingerprint density at radius 3 is 1.43 bits per heavy atom. The van der Waals surface area contributed by atoms with Gasteiger partial charge >= 0.3 is 18.5 Å². The van der Waals surface area contributed by atoms with Crippen LogP contribution in [0, 0.1) is 20.4 Å². The second-order valence-electron chi connectivity index (χ2n) is 13.2. The second-order valence-corrected chi connectivity index (χ2v) is 13.2. The smallest absolute Gasteiger partial charge is 0.319 e. The van der Waals surface area contributed by atoms with Gasteiger partial charge in [0.25, 0.3) is 0 Å². The van der Waals surface area contributed by atoms with Gasteiger partial charge in [0, 0.05) is 21.5 Å². The van der Waals surface area contributed by atoms with E-state index in [1.807, 2.05) is 0 Å². The molecule has 0 radical (unpaired) electrons. The van der Waals surface area contributed by atoms with E-state index in [0.717, 1.165) is 35.9 Å². The van der Waals surface area contributed by atoms with E-state index in [1.165, 1.54) is 47.0 Å². The lowest BCUT2D eigenvalue weighted by atomic mass is 9.95. The number of fused-ring (bicyclic) bond motifs is 6. The molecular weight excluding hydrogens is 717 g/mol. The SMILES string of the molecule is [C-]#[N+]c1c(-n2c3ccc(C)cc3c3cc(C(F)(F)F)ccc32)ccc(-c2ccccc2C(F)(F)F)c1-n1c2ccc(C)cc2c2cc(C(F)(F)F)ccc21. The van der Waals surface area contributed by atoms with Gasteiger partial charge in [0.1, 0.15) is 0 Å². The highest BCUT2D eigenvalue weighted by Crippen LogP contribution is 2.49. The minimum Gasteiger partial charge on any atom is -0.319 e. The van der Waals surface area contributed by atoms with E-state index in [9.17, 15) is 39.5 Å². The summed E-state index contributed by atoms with van der Waals surface area (Å²) >= 11 is 0. The molecule has 0 aliphatic rings. The van der Waals surface area contributed by atoms with Gasteiger partial charge in [-0.05, 0) is 97.8 Å². The van der Waals surface area contributed by atoms with Crippen LogP contribution in [0.3, 0.4) is 0 Å². The third-order valence-electron chi connectivity index (χ3n) is 9.72. The second kappa shape index (κ2) is 11.9. The highest BCUT2D eigenvalue weighted by atomic mass is 19.4. The molecule has 0 amide bonds. The molecule has 0 aliphatic carbocycles. The Balaban J connectivity index is 1.57. The maximum atomic E-state index is 14.6. The average Bonchev–Trinajstić information content (AvgIpc) is 3.60. The van der Waals surface area contributed by atoms with E-state index in [1.54, 1.807) is 54.8 Å². The predicted molar refractivity (Wildman–Crippen MR) is 191 cm³/mol. The van der Waals surface area contributed by atoms with E-state index in [2.05, 4.69) is 4.85 Å². The third-order valence-corrected chi connectivity index (χ3v) is 9.72. The lowest BCUT2D eigenvalue weighted by Gasteiger charge is -2.22. The minimum atomic E-state index is -4.83. The molecule has 2 aromatic heterocycles. The fourth-order valence-corrected chi connectivity index (χ4v) is 7.40. The molecule has 0 N–H and O–H groups in total. The topological polar surface area (TPSA) is 14.2 Å². The predicted octanol–water partition coefficient (Wildman–Crippen LogP) is 13.8. The van der Waals surface area contributed by atoms with Crippen molar-refractivity contribution in [2.45, 2.75) is 32.4 Å². The molecule has 6 aromatic carbocycles. The van der Waals surface area contributed by atoms with E-state index >= 15 is 0 Å². The monoisotopic (exact) mass is 741 g/mol. The zero-order chi connectivity index (χ0) is 38.5. The first-order chi connectivity index (χ1) is 25.5. The van der Waals surface area contributed by atoms with Crippen LogP contribution in [0.15, 0.2) is 109 Å². The first-order valence-electron chi connectivity index (χ1n) is 16.4. The summed E-state index contributed by atoms with van der Waals surface area (Å²) in [5.74, 6) is 0. The fraction of sp³-hybridized carbons (Fsp3) is 0.119. The number of aryl methyl sites for hydroxylation is 2. The van der Waals surface area contributed by atoms with Gasteiger partial charge in [-0.3, -0.25) is 0 Å². The molecule has 0 aliphatic heterocycles. The van der Waals surface area contributed by atoms with Crippen molar-refractivity contribution in [2.75, 3.05) is 0 Å². The maximum Gasteiger partial charge on any atom is 0.417 e. The van der Waals surface area contributed by atoms with Crippen LogP contribution >= 0.6 is 0 Å². The lowest BCUT2D eigenvalue weighted by molar-refractivity contribution is -0.138. The van der Waals surface area contributed by atoms with Gasteiger partial charge in [0.05, 0.1) is 56.7 Å². The molecule has 0 bridgehead atoms. The molecule has 0 unspecified atom stereocenters. The highest BCUT2D eigenvalue weighted by Gasteiger charge is 2.36. The number of rotatable bonds is 3. The van der Waals surface area contributed by atoms with Crippen LogP contribution in [0.25, 0.3) is 71.0 Å². The molecular formula is C42H24F9N3. The van der Waals surface area contributed by atoms with Crippen molar-refractivity contribution in [3.05, 3.63) is 148 Å². The van der Waals surface area contributed by atoms with Crippen molar-refractivity contribution in [1.29, 1.82) is 0 Å². The van der Waals surface area contributed by atoms with Crippen LogP contribution in [0.2, 0.25) is 0 Å². The summed E-state index contributed by atoms with van der Waals surface area (Å²) in [5, 5.41) is 1.22. The Bertz CT molecular complexity index is 2880. The largest absolute Gasteiger partial charge is 0.417 e. The maximum absolute atomic E-state index is 14.6. The van der Waals surface area contributed by atoms with Crippen molar-refractivity contribution in [3.8, 4) is 22.5 Å². The molecule has 0 fully saturated rings. The van der Waals surface area contributed by atoms with Crippen molar-refractivity contribution in [2.24, 2.45) is 0 Å². The van der Waals surface area contributed by atoms with Gasteiger partial charge in [-0.15, -0.1) is 0 Å². The number of benzene rings is 6. The molecule has 0 spiro atoms. The zero-order valence-corrected chi connectivity index (χ0v) is 28.1. The molecule has 54 heavy (non-hydrogen) atoms. The quantitative estimate of drug-likeness (QED) is 0.126. The average molecular weight is 742 g/mol. The van der Waals surface area contributed by atoms with Crippen molar-refractivity contribution in [3.63, 3.8) is 0 Å². The van der Waals surface area contributed by atoms with Crippen LogP contribution in [0.1, 0.15) is 27.8 Å². The van der Waals surface area contributed by atoms with Gasteiger partial charge in [-0.25, -0.2) is 4.85 Å². The number of hydrogen-bond acceptors (Lipinski definition) is 0. The third kappa shape index (κ3) is 5.45. The minimum absolute atomic E-state index is 0.0343. The Labute approximate surface area is 300 Å². The van der Waals surface area contributed by atoms with Gasteiger partial charge in [0.15, 0.2) is 0 Å². The van der Waals surface area contributed by atoms with E-state index in [-0.39, 0.29) is 44.5 Å². The zero-order valence-electron chi connectivity index (χ0n) is 28.1. The number of alkyl halides is 9. The molecule has 0 atom stereocenters. The normalized spacial score (nSPS) is 12.7. The lowest BCUT2D eigenvalue weighted by Crippen LogP contribution is -2.09. The summed E-state index contributed by atoms with van der Waals surface area (Å²) < 4.78 is 131. The Kier molecular flexibility index (Phi) is 7.68. The summed E-state index contributed by atoms with van der Waals surface area (Å²) in [7, 11) is 0. The highest BCUT2D eigenvalue weighted by molar-refractivity contribution is 6.13. The molecule has 0 saturated heterocycles. The molecule has 270 valence electrons. The standard InChI is InChI=1S/C42H24F9N3/c1-22-8-13-33-28(18-22)30-20-24(40(43,44)45)10-15-34(30)53(33)37-17-12-27(26-6-4-5-7-32(26)42(49,50)51)39(38(37)52-3)54-35-14-9-23(2)19-29(35)31-21-25(41(46,47)48)11-16-36(31)54/h4-21H,1-2H3. The molecule has 12 heteroatoms. The van der Waals surface area contributed by atoms with Crippen LogP contribution in [0.4, 0.5) is 45.2 Å². The molecule has 8 aromatic rings. The van der Waals surface area contributed by atoms with Crippen molar-refractivity contribution < 1.29 is 39.5 Å². The van der Waals surface area contributed by atoms with Crippen LogP contribution in [0.5, 0.6) is 0 Å². The number of hydrogen-bond donors (Lipinski definition) is 0. The first kappa shape index (κ1) is 34.8. The molecule has 8 rings (SSSR count). The number of halogens is 9. The Hall–Kier alpha value is -6.22. The van der Waals surface area contributed by atoms with Crippen molar-refractivity contribution >= 4 is 49.3 Å². The summed E-state index contributed by atoms with van der Waals surface area (Å²) in [6, 6.07) is 24.2. The van der Waals surface area contributed by atoms with Gasteiger partial charge in [0.2, 0.25) is 5.69 Å². The molecule has 3 nitrogen and oxygen atoms in total. The van der Waals surface area contributed by atoms with Crippen LogP contribution in [-0.2, 0) is 18.5 Å². The van der Waals surface area contributed by atoms with Gasteiger partial charge in [-0.2, -0.15) is 39.5 Å². The number of nitrogens with zero attached hydrogens (tertiary/aromatic N) is 3. The Morgan fingerprint density at radius 1 is 0.481 bits per heavy atom. The molecule has 2 heterocycles. The summed E-state index contributed by atoms with van der Waals surface area (Å²) in [6.45, 7) is 12.1. The van der Waals surface area contributed by atoms with Crippen LogP contribution < -0.4 is 0 Å². The Morgan fingerprint density at radius 2 is 0.944 bits per heavy atom. The van der Waals surface area contributed by atoms with Crippen LogP contribution in [-0.4, -0.2) is 9.13 Å². The van der Waals surface area contributed by atoms with Gasteiger partial charge < -0.3 is 9.13 Å².